The lowest BCUT2D eigenvalue weighted by Gasteiger charge is -2.30. The number of nitrogens with one attached hydrogen (secondary N) is 1. The number of carbonyl (C=O) groups excluding carboxylic acids is 1. The number of carbonyl (C=O) groups is 1. The maximum absolute atomic E-state index is 13.4. The van der Waals surface area contributed by atoms with Crippen LogP contribution in [0.3, 0.4) is 0 Å². The molecule has 3 heterocycles. The van der Waals surface area contributed by atoms with Gasteiger partial charge in [0.25, 0.3) is 11.5 Å². The number of pyridine rings is 1. The fourth-order valence-corrected chi connectivity index (χ4v) is 4.66. The molecular weight excluding hydrogens is 400 g/mol. The Balaban J connectivity index is 1.74. The smallest absolute Gasteiger partial charge is 0.255 e. The molecule has 156 valence electrons. The van der Waals surface area contributed by atoms with Crippen LogP contribution in [0.25, 0.3) is 11.3 Å². The second-order valence-electron chi connectivity index (χ2n) is 7.87. The van der Waals surface area contributed by atoms with Crippen LogP contribution in [0.1, 0.15) is 45.4 Å². The van der Waals surface area contributed by atoms with Crippen LogP contribution in [0, 0.1) is 13.8 Å². The van der Waals surface area contributed by atoms with Crippen molar-refractivity contribution in [2.75, 3.05) is 6.54 Å². The topological polar surface area (TPSA) is 71.0 Å². The van der Waals surface area contributed by atoms with Crippen LogP contribution in [0.4, 0.5) is 0 Å². The molecule has 1 aromatic carbocycles. The maximum Gasteiger partial charge on any atom is 0.255 e. The summed E-state index contributed by atoms with van der Waals surface area (Å²) in [4.78, 5) is 34.9. The Morgan fingerprint density at radius 3 is 2.67 bits per heavy atom. The predicted octanol–water partition coefficient (Wildman–Crippen LogP) is 3.81. The van der Waals surface area contributed by atoms with Gasteiger partial charge in [0.2, 0.25) is 0 Å². The van der Waals surface area contributed by atoms with Crippen molar-refractivity contribution in [1.82, 2.24) is 19.4 Å². The summed E-state index contributed by atoms with van der Waals surface area (Å²) in [5.74, 6) is -0.134. The van der Waals surface area contributed by atoms with Crippen LogP contribution >= 0.6 is 11.6 Å². The van der Waals surface area contributed by atoms with Gasteiger partial charge < -0.3 is 14.5 Å². The third-order valence-corrected chi connectivity index (χ3v) is 6.24. The average molecular weight is 425 g/mol. The molecule has 1 aliphatic rings. The van der Waals surface area contributed by atoms with E-state index in [9.17, 15) is 9.59 Å². The highest BCUT2D eigenvalue weighted by molar-refractivity contribution is 6.36. The van der Waals surface area contributed by atoms with Gasteiger partial charge in [-0.1, -0.05) is 30.7 Å². The number of hydrogen-bond donors (Lipinski definition) is 1. The maximum atomic E-state index is 13.4. The molecule has 1 N–H and O–H groups in total. The Kier molecular flexibility index (Phi) is 5.28. The molecule has 0 saturated heterocycles. The third-order valence-electron chi connectivity index (χ3n) is 5.85. The molecule has 4 rings (SSSR count). The minimum atomic E-state index is -0.134. The van der Waals surface area contributed by atoms with Gasteiger partial charge in [-0.3, -0.25) is 9.59 Å². The number of aryl methyl sites for hydroxylation is 4. The fraction of sp³-hybridized carbons (Fsp3) is 0.348. The summed E-state index contributed by atoms with van der Waals surface area (Å²) in [6.07, 6.45) is 3.19. The zero-order valence-corrected chi connectivity index (χ0v) is 18.4. The summed E-state index contributed by atoms with van der Waals surface area (Å²) in [7, 11) is 1.91. The van der Waals surface area contributed by atoms with E-state index in [1.165, 1.54) is 0 Å². The molecule has 0 saturated carbocycles. The number of fused-ring (bicyclic) bond motifs is 1. The van der Waals surface area contributed by atoms with Crippen LogP contribution in [-0.2, 0) is 26.4 Å². The molecule has 7 heteroatoms. The van der Waals surface area contributed by atoms with Crippen LogP contribution < -0.4 is 5.56 Å². The summed E-state index contributed by atoms with van der Waals surface area (Å²) < 4.78 is 1.91. The van der Waals surface area contributed by atoms with E-state index >= 15 is 0 Å². The number of rotatable bonds is 4. The minimum Gasteiger partial charge on any atom is -0.334 e. The van der Waals surface area contributed by atoms with E-state index in [-0.39, 0.29) is 18.0 Å². The first-order valence-corrected chi connectivity index (χ1v) is 10.5. The van der Waals surface area contributed by atoms with E-state index in [4.69, 9.17) is 11.6 Å². The lowest BCUT2D eigenvalue weighted by molar-refractivity contribution is 0.0726. The van der Waals surface area contributed by atoms with Crippen molar-refractivity contribution in [2.24, 2.45) is 7.05 Å². The molecule has 0 fully saturated rings. The largest absolute Gasteiger partial charge is 0.334 e. The Morgan fingerprint density at radius 2 is 2.00 bits per heavy atom. The molecule has 0 radical (unpaired) electrons. The number of hydrogen-bond acceptors (Lipinski definition) is 3. The van der Waals surface area contributed by atoms with Crippen molar-refractivity contribution in [3.05, 3.63) is 73.5 Å². The summed E-state index contributed by atoms with van der Waals surface area (Å²) >= 11 is 6.78. The molecule has 1 amide bonds. The van der Waals surface area contributed by atoms with Gasteiger partial charge in [-0.05, 0) is 43.9 Å². The monoisotopic (exact) mass is 424 g/mol. The molecular formula is C23H25ClN4O2. The Bertz CT molecular complexity index is 1190. The van der Waals surface area contributed by atoms with Crippen LogP contribution in [0.5, 0.6) is 0 Å². The lowest BCUT2D eigenvalue weighted by atomic mass is 9.94. The molecule has 0 aliphatic carbocycles. The lowest BCUT2D eigenvalue weighted by Crippen LogP contribution is -2.39. The summed E-state index contributed by atoms with van der Waals surface area (Å²) in [6, 6.07) is 5.93. The standard InChI is InChI=1S/C23H25ClN4O2/c1-5-15-10-13(2)26-22(29)18(15)11-28-9-8-16-6-7-17(20(24)19(16)23(28)30)21-14(3)25-12-27(21)4/h6-7,10,12H,5,8-9,11H2,1-4H3,(H,26,29). The van der Waals surface area contributed by atoms with Gasteiger partial charge in [0.15, 0.2) is 0 Å². The van der Waals surface area contributed by atoms with E-state index in [0.29, 0.717) is 29.1 Å². The molecule has 0 spiro atoms. The van der Waals surface area contributed by atoms with Crippen LogP contribution in [0.2, 0.25) is 5.02 Å². The van der Waals surface area contributed by atoms with Crippen molar-refractivity contribution in [2.45, 2.75) is 40.2 Å². The van der Waals surface area contributed by atoms with Gasteiger partial charge in [-0.25, -0.2) is 4.98 Å². The zero-order chi connectivity index (χ0) is 21.6. The number of halogens is 1. The van der Waals surface area contributed by atoms with E-state index in [2.05, 4.69) is 9.97 Å². The number of aromatic nitrogens is 3. The van der Waals surface area contributed by atoms with E-state index in [1.54, 1.807) is 11.2 Å². The first-order valence-electron chi connectivity index (χ1n) is 10.1. The third kappa shape index (κ3) is 3.35. The summed E-state index contributed by atoms with van der Waals surface area (Å²) in [6.45, 7) is 6.65. The van der Waals surface area contributed by atoms with Gasteiger partial charge in [0, 0.05) is 30.4 Å². The van der Waals surface area contributed by atoms with Crippen molar-refractivity contribution < 1.29 is 4.79 Å². The molecule has 0 bridgehead atoms. The second-order valence-corrected chi connectivity index (χ2v) is 8.24. The molecule has 1 aliphatic heterocycles. The number of amides is 1. The highest BCUT2D eigenvalue weighted by atomic mass is 35.5. The van der Waals surface area contributed by atoms with E-state index in [1.807, 2.05) is 50.6 Å². The molecule has 2 aromatic heterocycles. The number of nitrogens with zero attached hydrogens (tertiary/aromatic N) is 3. The second kappa shape index (κ2) is 7.76. The number of H-pyrrole nitrogens is 1. The molecule has 6 nitrogen and oxygen atoms in total. The van der Waals surface area contributed by atoms with Gasteiger partial charge in [0.05, 0.1) is 34.8 Å². The molecule has 3 aromatic rings. The van der Waals surface area contributed by atoms with E-state index in [0.717, 1.165) is 40.2 Å². The average Bonchev–Trinajstić information content (AvgIpc) is 3.04. The Labute approximate surface area is 180 Å². The fourth-order valence-electron chi connectivity index (χ4n) is 4.30. The minimum absolute atomic E-state index is 0.129. The quantitative estimate of drug-likeness (QED) is 0.692. The van der Waals surface area contributed by atoms with Gasteiger partial charge in [-0.15, -0.1) is 0 Å². The highest BCUT2D eigenvalue weighted by Gasteiger charge is 2.30. The SMILES string of the molecule is CCc1cc(C)[nH]c(=O)c1CN1CCc2ccc(-c3c(C)ncn3C)c(Cl)c2C1=O. The van der Waals surface area contributed by atoms with Crippen molar-refractivity contribution in [1.29, 1.82) is 0 Å². The van der Waals surface area contributed by atoms with Crippen LogP contribution in [0.15, 0.2) is 29.3 Å². The molecule has 0 unspecified atom stereocenters. The molecule has 0 atom stereocenters. The van der Waals surface area contributed by atoms with Gasteiger partial charge >= 0.3 is 0 Å². The first kappa shape index (κ1) is 20.4. The van der Waals surface area contributed by atoms with Gasteiger partial charge in [0.1, 0.15) is 0 Å². The normalized spacial score (nSPS) is 13.6. The predicted molar refractivity (Wildman–Crippen MR) is 118 cm³/mol. The van der Waals surface area contributed by atoms with E-state index < -0.39 is 0 Å². The summed E-state index contributed by atoms with van der Waals surface area (Å²) in [5, 5.41) is 0.447. The van der Waals surface area contributed by atoms with Crippen molar-refractivity contribution in [3.63, 3.8) is 0 Å². The van der Waals surface area contributed by atoms with Gasteiger partial charge in [-0.2, -0.15) is 0 Å². The van der Waals surface area contributed by atoms with Crippen LogP contribution in [-0.4, -0.2) is 31.9 Å². The number of benzene rings is 1. The molecule has 30 heavy (non-hydrogen) atoms. The zero-order valence-electron chi connectivity index (χ0n) is 17.7. The summed E-state index contributed by atoms with van der Waals surface area (Å²) in [5.41, 5.74) is 6.35. The first-order chi connectivity index (χ1) is 14.3. The highest BCUT2D eigenvalue weighted by Crippen LogP contribution is 2.36. The number of aromatic amines is 1. The Hall–Kier alpha value is -2.86. The van der Waals surface area contributed by atoms with Crippen molar-refractivity contribution in [3.8, 4) is 11.3 Å². The Morgan fingerprint density at radius 1 is 1.23 bits per heavy atom. The van der Waals surface area contributed by atoms with Crippen molar-refractivity contribution >= 4 is 17.5 Å². The number of imidazole rings is 1.